The molecule has 42 heavy (non-hydrogen) atoms. The summed E-state index contributed by atoms with van der Waals surface area (Å²) < 4.78 is 26.0. The van der Waals surface area contributed by atoms with Crippen LogP contribution in [0.25, 0.3) is 11.1 Å². The van der Waals surface area contributed by atoms with Crippen LogP contribution >= 0.6 is 0 Å². The Balaban J connectivity index is 1.27. The third kappa shape index (κ3) is 7.20. The molecule has 2 unspecified atom stereocenters. The molecule has 14 heteroatoms. The van der Waals surface area contributed by atoms with Gasteiger partial charge >= 0.3 is 0 Å². The predicted molar refractivity (Wildman–Crippen MR) is 160 cm³/mol. The summed E-state index contributed by atoms with van der Waals surface area (Å²) in [5, 5.41) is 11.7. The highest BCUT2D eigenvalue weighted by molar-refractivity contribution is 7.87. The number of carbonyl (C=O) groups excluding carboxylic acids is 1. The van der Waals surface area contributed by atoms with Crippen LogP contribution in [0.2, 0.25) is 0 Å². The first kappa shape index (κ1) is 28.4. The number of nitrogens with one attached hydrogen (secondary N) is 3. The van der Waals surface area contributed by atoms with E-state index in [-0.39, 0.29) is 18.0 Å². The number of anilines is 3. The number of pyridine rings is 1. The van der Waals surface area contributed by atoms with Crippen LogP contribution < -0.4 is 25.4 Å². The quantitative estimate of drug-likeness (QED) is 0.333. The van der Waals surface area contributed by atoms with Crippen LogP contribution in [0, 0.1) is 0 Å². The Hall–Kier alpha value is -3.69. The smallest absolute Gasteiger partial charge is 0.274 e. The molecule has 8 heterocycles. The van der Waals surface area contributed by atoms with E-state index in [1.54, 1.807) is 18.6 Å². The van der Waals surface area contributed by atoms with Crippen molar-refractivity contribution in [2.24, 2.45) is 5.14 Å². The molecule has 6 aliphatic heterocycles. The Kier molecular flexibility index (Phi) is 8.31. The van der Waals surface area contributed by atoms with Crippen LogP contribution in [-0.2, 0) is 21.5 Å². The molecule has 13 nitrogen and oxygen atoms in total. The number of amides is 1. The van der Waals surface area contributed by atoms with Crippen molar-refractivity contribution in [1.29, 1.82) is 0 Å². The molecule has 1 aromatic carbocycles. The highest BCUT2D eigenvalue weighted by Crippen LogP contribution is 2.28. The van der Waals surface area contributed by atoms with E-state index in [0.29, 0.717) is 38.4 Å². The third-order valence-corrected chi connectivity index (χ3v) is 8.63. The Labute approximate surface area is 245 Å². The van der Waals surface area contributed by atoms with Crippen LogP contribution in [0.15, 0.2) is 55.0 Å². The summed E-state index contributed by atoms with van der Waals surface area (Å²) >= 11 is 0. The average Bonchev–Trinajstić information content (AvgIpc) is 3.35. The minimum atomic E-state index is -3.86. The van der Waals surface area contributed by atoms with Gasteiger partial charge in [0.15, 0.2) is 0 Å². The van der Waals surface area contributed by atoms with Gasteiger partial charge in [0.25, 0.3) is 10.2 Å². The second kappa shape index (κ2) is 12.3. The number of benzene rings is 1. The van der Waals surface area contributed by atoms with Crippen molar-refractivity contribution in [1.82, 2.24) is 34.8 Å². The van der Waals surface area contributed by atoms with Gasteiger partial charge < -0.3 is 15.5 Å². The second-order valence-electron chi connectivity index (χ2n) is 11.1. The van der Waals surface area contributed by atoms with E-state index in [1.165, 1.54) is 5.56 Å². The number of aromatic nitrogens is 3. The summed E-state index contributed by atoms with van der Waals surface area (Å²) in [5.74, 6) is 1.20. The number of nitrogens with zero attached hydrogens (tertiary/aromatic N) is 6. The van der Waals surface area contributed by atoms with Crippen molar-refractivity contribution >= 4 is 33.6 Å². The van der Waals surface area contributed by atoms with E-state index < -0.39 is 10.2 Å². The number of hydrogen-bond donors (Lipinski definition) is 4. The summed E-state index contributed by atoms with van der Waals surface area (Å²) in [6.07, 6.45) is 6.42. The predicted octanol–water partition coefficient (Wildman–Crippen LogP) is 0.660. The first-order chi connectivity index (χ1) is 20.3. The largest absolute Gasteiger partial charge is 0.355 e. The summed E-state index contributed by atoms with van der Waals surface area (Å²) in [5.41, 5.74) is 3.92. The van der Waals surface area contributed by atoms with Gasteiger partial charge in [-0.3, -0.25) is 14.6 Å². The Morgan fingerprint density at radius 3 is 2.48 bits per heavy atom. The summed E-state index contributed by atoms with van der Waals surface area (Å²) in [6.45, 7) is 5.46. The van der Waals surface area contributed by atoms with E-state index in [4.69, 9.17) is 5.14 Å². The molecule has 2 aromatic heterocycles. The van der Waals surface area contributed by atoms with Crippen LogP contribution in [0.5, 0.6) is 0 Å². The minimum absolute atomic E-state index is 0.0136. The molecule has 222 valence electrons. The molecule has 9 rings (SSSR count). The van der Waals surface area contributed by atoms with E-state index in [9.17, 15) is 13.2 Å². The van der Waals surface area contributed by atoms with Gasteiger partial charge in [0, 0.05) is 87.7 Å². The molecule has 0 saturated carbocycles. The van der Waals surface area contributed by atoms with Crippen LogP contribution in [0.3, 0.4) is 0 Å². The maximum atomic E-state index is 12.8. The van der Waals surface area contributed by atoms with E-state index in [1.807, 2.05) is 29.2 Å². The molecule has 0 radical (unpaired) electrons. The highest BCUT2D eigenvalue weighted by Gasteiger charge is 2.35. The Bertz CT molecular complexity index is 1510. The fourth-order valence-electron chi connectivity index (χ4n) is 5.95. The van der Waals surface area contributed by atoms with Crippen LogP contribution in [0.4, 0.5) is 17.5 Å². The first-order valence-electron chi connectivity index (χ1n) is 14.2. The van der Waals surface area contributed by atoms with Crippen molar-refractivity contribution in [3.8, 4) is 11.1 Å². The summed E-state index contributed by atoms with van der Waals surface area (Å²) in [4.78, 5) is 33.1. The van der Waals surface area contributed by atoms with Crippen molar-refractivity contribution < 1.29 is 13.2 Å². The van der Waals surface area contributed by atoms with E-state index >= 15 is 0 Å². The summed E-state index contributed by atoms with van der Waals surface area (Å²) in [7, 11) is -3.86. The lowest BCUT2D eigenvalue weighted by Gasteiger charge is -2.34. The normalized spacial score (nSPS) is 25.0. The molecule has 5 N–H and O–H groups in total. The van der Waals surface area contributed by atoms with E-state index in [2.05, 4.69) is 52.2 Å². The van der Waals surface area contributed by atoms with Gasteiger partial charge in [-0.15, -0.1) is 0 Å². The lowest BCUT2D eigenvalue weighted by molar-refractivity contribution is -0.122. The summed E-state index contributed by atoms with van der Waals surface area (Å²) in [6, 6.07) is 11.8. The Morgan fingerprint density at radius 1 is 0.952 bits per heavy atom. The minimum Gasteiger partial charge on any atom is -0.355 e. The van der Waals surface area contributed by atoms with Gasteiger partial charge in [0.2, 0.25) is 11.9 Å². The van der Waals surface area contributed by atoms with Crippen molar-refractivity contribution in [3.05, 3.63) is 60.6 Å². The molecule has 0 aliphatic carbocycles. The molecule has 2 atom stereocenters. The van der Waals surface area contributed by atoms with Crippen LogP contribution in [-0.4, -0.2) is 97.0 Å². The van der Waals surface area contributed by atoms with Gasteiger partial charge in [-0.2, -0.15) is 13.1 Å². The average molecular weight is 593 g/mol. The fraction of sp³-hybridized carbons (Fsp3) is 0.429. The molecule has 0 spiro atoms. The topological polar surface area (TPSA) is 162 Å². The zero-order valence-electron chi connectivity index (χ0n) is 23.3. The monoisotopic (exact) mass is 592 g/mol. The third-order valence-electron chi connectivity index (χ3n) is 7.97. The molecule has 2 saturated heterocycles. The number of nitrogens with two attached hydrogens (primary N) is 1. The highest BCUT2D eigenvalue weighted by atomic mass is 32.2. The number of piperazine rings is 1. The molecular formula is C28H36N10O3S. The van der Waals surface area contributed by atoms with Gasteiger partial charge in [-0.05, 0) is 48.2 Å². The number of carbonyl (C=O) groups is 1. The molecule has 3 aromatic rings. The molecular weight excluding hydrogens is 556 g/mol. The molecule has 2 fully saturated rings. The van der Waals surface area contributed by atoms with Gasteiger partial charge in [0.1, 0.15) is 5.82 Å². The van der Waals surface area contributed by atoms with Crippen molar-refractivity contribution in [2.75, 3.05) is 56.0 Å². The van der Waals surface area contributed by atoms with Crippen LogP contribution in [0.1, 0.15) is 18.4 Å². The molecule has 6 aliphatic rings. The SMILES string of the molecule is NS(=O)(=O)NC1CC2CCNC(=O)CN3CCN(CC3)Cc3cccc(c3)Nc3cc(ccn3)-c3cnc(nc3)N2C1. The Morgan fingerprint density at radius 2 is 1.71 bits per heavy atom. The maximum Gasteiger partial charge on any atom is 0.274 e. The van der Waals surface area contributed by atoms with Crippen molar-refractivity contribution in [2.45, 2.75) is 31.5 Å². The lowest BCUT2D eigenvalue weighted by atomic mass is 10.1. The van der Waals surface area contributed by atoms with Crippen molar-refractivity contribution in [3.63, 3.8) is 0 Å². The second-order valence-corrected chi connectivity index (χ2v) is 12.4. The van der Waals surface area contributed by atoms with Gasteiger partial charge in [-0.1, -0.05) is 12.1 Å². The maximum absolute atomic E-state index is 12.8. The molecule has 8 bridgehead atoms. The van der Waals surface area contributed by atoms with E-state index in [0.717, 1.165) is 55.4 Å². The standard InChI is InChI=1S/C28H36N10O3S/c29-42(40,41)35-24-14-25-5-7-31-27(39)19-37-10-8-36(9-11-37)17-20-2-1-3-23(12-20)34-26-13-21(4-6-30-26)22-15-32-28(33-16-22)38(25)18-24/h1-4,6,12-13,15-16,24-25,35H,5,7-11,14,17-19H2,(H,30,34)(H,31,39)(H2,29,40,41). The number of hydrogen-bond acceptors (Lipinski definition) is 10. The van der Waals surface area contributed by atoms with Gasteiger partial charge in [0.05, 0.1) is 6.54 Å². The zero-order valence-corrected chi connectivity index (χ0v) is 24.1. The fourth-order valence-corrected chi connectivity index (χ4v) is 6.58. The first-order valence-corrected chi connectivity index (χ1v) is 15.7. The number of rotatable bonds is 2. The molecule has 1 amide bonds. The zero-order chi connectivity index (χ0) is 29.1. The lowest BCUT2D eigenvalue weighted by Crippen LogP contribution is -2.49. The van der Waals surface area contributed by atoms with Gasteiger partial charge in [-0.25, -0.2) is 20.1 Å².